The van der Waals surface area contributed by atoms with E-state index in [0.717, 1.165) is 36.1 Å². The molecule has 1 aromatic carbocycles. The van der Waals surface area contributed by atoms with E-state index in [9.17, 15) is 22.8 Å². The summed E-state index contributed by atoms with van der Waals surface area (Å²) in [4.78, 5) is 38.7. The van der Waals surface area contributed by atoms with Gasteiger partial charge < -0.3 is 19.5 Å². The first-order chi connectivity index (χ1) is 17.3. The van der Waals surface area contributed by atoms with Gasteiger partial charge in [-0.05, 0) is 56.4 Å². The number of ether oxygens (including phenoxy) is 3. The average Bonchev–Trinajstić information content (AvgIpc) is 3.25. The normalized spacial score (nSPS) is 16.1. The molecule has 2 aliphatic rings. The third-order valence-electron chi connectivity index (χ3n) is 5.92. The Kier molecular flexibility index (Phi) is 8.39. The Morgan fingerprint density at radius 3 is 2.58 bits per heavy atom. The predicted molar refractivity (Wildman–Crippen MR) is 132 cm³/mol. The monoisotopic (exact) mass is 536 g/mol. The Bertz CT molecular complexity index is 1250. The van der Waals surface area contributed by atoms with Gasteiger partial charge >= 0.3 is 11.9 Å². The molecule has 2 heterocycles. The van der Waals surface area contributed by atoms with E-state index in [1.807, 2.05) is 0 Å². The highest BCUT2D eigenvalue weighted by atomic mass is 32.2. The molecule has 0 atom stereocenters. The van der Waals surface area contributed by atoms with Crippen molar-refractivity contribution in [2.75, 3.05) is 44.8 Å². The molecule has 0 saturated carbocycles. The Hall–Kier alpha value is -2.80. The van der Waals surface area contributed by atoms with Crippen LogP contribution in [0.1, 0.15) is 50.9 Å². The van der Waals surface area contributed by atoms with Crippen molar-refractivity contribution in [2.45, 2.75) is 37.5 Å². The summed E-state index contributed by atoms with van der Waals surface area (Å²) in [6, 6.07) is 5.51. The van der Waals surface area contributed by atoms with Crippen molar-refractivity contribution in [2.24, 2.45) is 0 Å². The van der Waals surface area contributed by atoms with Crippen LogP contribution in [-0.4, -0.2) is 70.1 Å². The minimum Gasteiger partial charge on any atom is -0.462 e. The smallest absolute Gasteiger partial charge is 0.341 e. The number of esters is 2. The number of hydrogen-bond acceptors (Lipinski definition) is 9. The Morgan fingerprint density at radius 2 is 1.83 bits per heavy atom. The van der Waals surface area contributed by atoms with Crippen LogP contribution >= 0.6 is 11.3 Å². The summed E-state index contributed by atoms with van der Waals surface area (Å²) in [5, 5.41) is 3.07. The van der Waals surface area contributed by atoms with Gasteiger partial charge in [-0.25, -0.2) is 18.0 Å². The van der Waals surface area contributed by atoms with Gasteiger partial charge in [-0.2, -0.15) is 4.31 Å². The second kappa shape index (κ2) is 11.5. The highest BCUT2D eigenvalue weighted by molar-refractivity contribution is 7.89. The zero-order chi connectivity index (χ0) is 25.7. The minimum atomic E-state index is -3.79. The average molecular weight is 537 g/mol. The van der Waals surface area contributed by atoms with Crippen LogP contribution in [0.15, 0.2) is 29.2 Å². The van der Waals surface area contributed by atoms with Crippen molar-refractivity contribution in [1.82, 2.24) is 4.31 Å². The summed E-state index contributed by atoms with van der Waals surface area (Å²) in [6.07, 6.45) is 3.55. The molecule has 1 fully saturated rings. The lowest BCUT2D eigenvalue weighted by molar-refractivity contribution is -0.119. The maximum absolute atomic E-state index is 12.9. The number of thiophene rings is 1. The third-order valence-corrected chi connectivity index (χ3v) is 9.02. The van der Waals surface area contributed by atoms with Crippen molar-refractivity contribution < 1.29 is 37.0 Å². The van der Waals surface area contributed by atoms with E-state index in [1.54, 1.807) is 6.92 Å². The lowest BCUT2D eigenvalue weighted by Crippen LogP contribution is -2.40. The fraction of sp³-hybridized carbons (Fsp3) is 0.458. The second-order valence-corrected chi connectivity index (χ2v) is 11.3. The van der Waals surface area contributed by atoms with Crippen LogP contribution in [0.2, 0.25) is 0 Å². The van der Waals surface area contributed by atoms with Gasteiger partial charge in [0.2, 0.25) is 10.0 Å². The summed E-state index contributed by atoms with van der Waals surface area (Å²) in [7, 11) is -3.79. The number of nitrogens with one attached hydrogen (secondary N) is 1. The topological polar surface area (TPSA) is 128 Å². The highest BCUT2D eigenvalue weighted by Crippen LogP contribution is 2.38. The van der Waals surface area contributed by atoms with Crippen molar-refractivity contribution in [1.29, 1.82) is 0 Å². The molecule has 1 aromatic heterocycles. The van der Waals surface area contributed by atoms with Gasteiger partial charge in [0, 0.05) is 18.0 Å². The van der Waals surface area contributed by atoms with Crippen molar-refractivity contribution >= 4 is 44.2 Å². The molecule has 1 aliphatic carbocycles. The SMILES string of the molecule is CCOC(=O)c1c(NC(=O)COC(=O)c2cccc(S(=O)(=O)N3CCOCC3)c2)sc2c1CCCC2. The van der Waals surface area contributed by atoms with Crippen molar-refractivity contribution in [3.8, 4) is 0 Å². The maximum atomic E-state index is 12.9. The summed E-state index contributed by atoms with van der Waals surface area (Å²) in [5.41, 5.74) is 1.29. The van der Waals surface area contributed by atoms with Crippen molar-refractivity contribution in [3.63, 3.8) is 0 Å². The number of fused-ring (bicyclic) bond motifs is 1. The van der Waals surface area contributed by atoms with Crippen LogP contribution in [0.4, 0.5) is 5.00 Å². The number of sulfonamides is 1. The number of benzene rings is 1. The molecule has 1 saturated heterocycles. The molecule has 0 radical (unpaired) electrons. The molecule has 36 heavy (non-hydrogen) atoms. The molecule has 1 N–H and O–H groups in total. The Labute approximate surface area is 213 Å². The van der Waals surface area contributed by atoms with Gasteiger partial charge in [0.15, 0.2) is 6.61 Å². The van der Waals surface area contributed by atoms with E-state index in [2.05, 4.69) is 5.32 Å². The molecule has 0 unspecified atom stereocenters. The number of carbonyl (C=O) groups is 3. The van der Waals surface area contributed by atoms with E-state index in [-0.39, 0.29) is 30.2 Å². The standard InChI is InChI=1S/C24H28N2O8S2/c1-2-33-24(29)21-18-8-3-4-9-19(18)35-22(21)25-20(27)15-34-23(28)16-6-5-7-17(14-16)36(30,31)26-10-12-32-13-11-26/h5-7,14H,2-4,8-13,15H2,1H3,(H,25,27). The summed E-state index contributed by atoms with van der Waals surface area (Å²) < 4.78 is 42.6. The predicted octanol–water partition coefficient (Wildman–Crippen LogP) is 2.62. The summed E-state index contributed by atoms with van der Waals surface area (Å²) in [5.74, 6) is -1.92. The van der Waals surface area contributed by atoms with Gasteiger partial charge in [-0.15, -0.1) is 11.3 Å². The van der Waals surface area contributed by atoms with Crippen LogP contribution < -0.4 is 5.32 Å². The molecular weight excluding hydrogens is 508 g/mol. The van der Waals surface area contributed by atoms with Gasteiger partial charge in [0.05, 0.1) is 35.8 Å². The van der Waals surface area contributed by atoms with E-state index >= 15 is 0 Å². The van der Waals surface area contributed by atoms with Gasteiger partial charge in [-0.3, -0.25) is 4.79 Å². The zero-order valence-corrected chi connectivity index (χ0v) is 21.5. The van der Waals surface area contributed by atoms with E-state index in [1.165, 1.54) is 39.9 Å². The van der Waals surface area contributed by atoms with Crippen LogP contribution in [0, 0.1) is 0 Å². The first kappa shape index (κ1) is 26.3. The second-order valence-electron chi connectivity index (χ2n) is 8.30. The number of nitrogens with zero attached hydrogens (tertiary/aromatic N) is 1. The number of aryl methyl sites for hydroxylation is 1. The quantitative estimate of drug-likeness (QED) is 0.510. The van der Waals surface area contributed by atoms with E-state index < -0.39 is 34.5 Å². The first-order valence-corrected chi connectivity index (χ1v) is 14.0. The molecule has 0 spiro atoms. The fourth-order valence-corrected chi connectivity index (χ4v) is 6.92. The summed E-state index contributed by atoms with van der Waals surface area (Å²) >= 11 is 1.34. The molecule has 12 heteroatoms. The largest absolute Gasteiger partial charge is 0.462 e. The van der Waals surface area contributed by atoms with Gasteiger partial charge in [0.25, 0.3) is 5.91 Å². The van der Waals surface area contributed by atoms with Crippen LogP contribution in [0.3, 0.4) is 0 Å². The molecule has 194 valence electrons. The zero-order valence-electron chi connectivity index (χ0n) is 19.9. The Balaban J connectivity index is 1.42. The van der Waals surface area contributed by atoms with Crippen molar-refractivity contribution in [3.05, 3.63) is 45.8 Å². The van der Waals surface area contributed by atoms with Gasteiger partial charge in [0.1, 0.15) is 5.00 Å². The molecular formula is C24H28N2O8S2. The molecule has 10 nitrogen and oxygen atoms in total. The molecule has 1 amide bonds. The van der Waals surface area contributed by atoms with E-state index in [0.29, 0.717) is 23.8 Å². The van der Waals surface area contributed by atoms with Gasteiger partial charge in [-0.1, -0.05) is 6.07 Å². The summed E-state index contributed by atoms with van der Waals surface area (Å²) in [6.45, 7) is 2.42. The number of rotatable bonds is 8. The van der Waals surface area contributed by atoms with Crippen LogP contribution in [0.25, 0.3) is 0 Å². The number of hydrogen-bond donors (Lipinski definition) is 1. The molecule has 0 bridgehead atoms. The third kappa shape index (κ3) is 5.77. The van der Waals surface area contributed by atoms with Crippen LogP contribution in [-0.2, 0) is 41.9 Å². The first-order valence-electron chi connectivity index (χ1n) is 11.8. The number of amides is 1. The molecule has 1 aliphatic heterocycles. The lowest BCUT2D eigenvalue weighted by Gasteiger charge is -2.26. The number of morpholine rings is 1. The lowest BCUT2D eigenvalue weighted by atomic mass is 9.95. The molecule has 2 aromatic rings. The highest BCUT2D eigenvalue weighted by Gasteiger charge is 2.29. The fourth-order valence-electron chi connectivity index (χ4n) is 4.17. The Morgan fingerprint density at radius 1 is 1.08 bits per heavy atom. The number of anilines is 1. The minimum absolute atomic E-state index is 0.0101. The number of carbonyl (C=O) groups excluding carboxylic acids is 3. The van der Waals surface area contributed by atoms with E-state index in [4.69, 9.17) is 14.2 Å². The maximum Gasteiger partial charge on any atom is 0.341 e. The van der Waals surface area contributed by atoms with Crippen LogP contribution in [0.5, 0.6) is 0 Å². The molecule has 4 rings (SSSR count).